The van der Waals surface area contributed by atoms with Crippen molar-refractivity contribution in [3.8, 4) is 56.9 Å². The molecule has 0 radical (unpaired) electrons. The van der Waals surface area contributed by atoms with Gasteiger partial charge in [0.05, 0.1) is 37.0 Å². The van der Waals surface area contributed by atoms with Gasteiger partial charge in [0.1, 0.15) is 23.0 Å². The third-order valence-electron chi connectivity index (χ3n) is 5.03. The Morgan fingerprint density at radius 3 is 1.81 bits per heavy atom. The van der Waals surface area contributed by atoms with Gasteiger partial charge < -0.3 is 19.7 Å². The first-order chi connectivity index (χ1) is 15.0. The number of hydrogen-bond donors (Lipinski definition) is 2. The number of phenols is 2. The second-order valence-electron chi connectivity index (χ2n) is 7.04. The fraction of sp³-hybridized carbons (Fsp3) is 0.120. The van der Waals surface area contributed by atoms with E-state index in [1.165, 1.54) is 0 Å². The van der Waals surface area contributed by atoms with Crippen molar-refractivity contribution in [2.45, 2.75) is 6.92 Å². The zero-order valence-corrected chi connectivity index (χ0v) is 17.5. The summed E-state index contributed by atoms with van der Waals surface area (Å²) < 4.78 is 10.5. The van der Waals surface area contributed by atoms with Crippen LogP contribution in [-0.2, 0) is 0 Å². The number of benzene rings is 2. The highest BCUT2D eigenvalue weighted by Gasteiger charge is 2.13. The zero-order valence-electron chi connectivity index (χ0n) is 17.5. The van der Waals surface area contributed by atoms with Crippen LogP contribution in [0.1, 0.15) is 5.56 Å². The molecular weight excluding hydrogens is 392 g/mol. The molecule has 2 aromatic heterocycles. The van der Waals surface area contributed by atoms with Crippen LogP contribution >= 0.6 is 0 Å². The molecule has 0 aliphatic carbocycles. The third-order valence-corrected chi connectivity index (χ3v) is 5.03. The summed E-state index contributed by atoms with van der Waals surface area (Å²) in [7, 11) is 3.14. The van der Waals surface area contributed by atoms with Crippen molar-refractivity contribution in [3.05, 3.63) is 72.3 Å². The molecule has 4 aromatic rings. The Balaban J connectivity index is 1.75. The highest BCUT2D eigenvalue weighted by atomic mass is 16.5. The van der Waals surface area contributed by atoms with Gasteiger partial charge in [-0.1, -0.05) is 12.1 Å². The lowest BCUT2D eigenvalue weighted by molar-refractivity contribution is 0.408. The Hall–Kier alpha value is -4.06. The quantitative estimate of drug-likeness (QED) is 0.466. The SMILES string of the molecule is COc1ccc(-c2cccc(-c3cccc(-c4cc(OC)c(C)cc4O)n3)n2)c(O)c1. The molecule has 0 aliphatic rings. The highest BCUT2D eigenvalue weighted by molar-refractivity contribution is 5.73. The summed E-state index contributed by atoms with van der Waals surface area (Å²) in [6, 6.07) is 19.6. The molecule has 2 aromatic carbocycles. The predicted molar refractivity (Wildman–Crippen MR) is 120 cm³/mol. The van der Waals surface area contributed by atoms with Crippen LogP contribution in [0.25, 0.3) is 33.9 Å². The molecule has 31 heavy (non-hydrogen) atoms. The minimum Gasteiger partial charge on any atom is -0.507 e. The first-order valence-electron chi connectivity index (χ1n) is 9.70. The zero-order chi connectivity index (χ0) is 22.0. The monoisotopic (exact) mass is 414 g/mol. The number of nitrogens with zero attached hydrogens (tertiary/aromatic N) is 2. The molecule has 156 valence electrons. The largest absolute Gasteiger partial charge is 0.507 e. The van der Waals surface area contributed by atoms with Crippen molar-refractivity contribution in [3.63, 3.8) is 0 Å². The van der Waals surface area contributed by atoms with Crippen LogP contribution in [0, 0.1) is 6.92 Å². The maximum absolute atomic E-state index is 10.4. The summed E-state index contributed by atoms with van der Waals surface area (Å²) in [6.45, 7) is 1.87. The molecule has 0 amide bonds. The average molecular weight is 414 g/mol. The molecular formula is C25H22N2O4. The van der Waals surface area contributed by atoms with E-state index in [0.29, 0.717) is 45.4 Å². The van der Waals surface area contributed by atoms with Gasteiger partial charge in [-0.3, -0.25) is 0 Å². The molecule has 0 spiro atoms. The van der Waals surface area contributed by atoms with Gasteiger partial charge >= 0.3 is 0 Å². The summed E-state index contributed by atoms with van der Waals surface area (Å²) in [6.07, 6.45) is 0. The fourth-order valence-electron chi connectivity index (χ4n) is 3.41. The Kier molecular flexibility index (Phi) is 5.45. The van der Waals surface area contributed by atoms with Crippen LogP contribution in [0.5, 0.6) is 23.0 Å². The molecule has 0 atom stereocenters. The molecule has 0 unspecified atom stereocenters. The lowest BCUT2D eigenvalue weighted by Gasteiger charge is -2.11. The summed E-state index contributed by atoms with van der Waals surface area (Å²) in [5, 5.41) is 20.8. The van der Waals surface area contributed by atoms with E-state index in [4.69, 9.17) is 14.5 Å². The van der Waals surface area contributed by atoms with E-state index >= 15 is 0 Å². The summed E-state index contributed by atoms with van der Waals surface area (Å²) >= 11 is 0. The Bertz CT molecular complexity index is 1250. The first kappa shape index (κ1) is 20.2. The number of pyridine rings is 2. The predicted octanol–water partition coefficient (Wildman–Crippen LogP) is 5.21. The normalized spacial score (nSPS) is 10.7. The maximum atomic E-state index is 10.4. The van der Waals surface area contributed by atoms with E-state index in [1.807, 2.05) is 43.3 Å². The van der Waals surface area contributed by atoms with E-state index < -0.39 is 0 Å². The molecule has 0 saturated carbocycles. The van der Waals surface area contributed by atoms with E-state index in [0.717, 1.165) is 5.56 Å². The smallest absolute Gasteiger partial charge is 0.128 e. The number of rotatable bonds is 5. The molecule has 0 fully saturated rings. The van der Waals surface area contributed by atoms with Crippen molar-refractivity contribution in [1.82, 2.24) is 9.97 Å². The lowest BCUT2D eigenvalue weighted by atomic mass is 10.1. The highest BCUT2D eigenvalue weighted by Crippen LogP contribution is 2.36. The van der Waals surface area contributed by atoms with Crippen LogP contribution in [0.15, 0.2) is 66.7 Å². The Labute approximate surface area is 180 Å². The van der Waals surface area contributed by atoms with Gasteiger partial charge in [0.25, 0.3) is 0 Å². The van der Waals surface area contributed by atoms with Gasteiger partial charge in [0, 0.05) is 17.2 Å². The fourth-order valence-corrected chi connectivity index (χ4v) is 3.41. The molecule has 0 bridgehead atoms. The second kappa shape index (κ2) is 8.36. The summed E-state index contributed by atoms with van der Waals surface area (Å²) in [5.41, 5.74) is 4.53. The van der Waals surface area contributed by atoms with Crippen LogP contribution in [-0.4, -0.2) is 34.4 Å². The number of aryl methyl sites for hydroxylation is 1. The van der Waals surface area contributed by atoms with E-state index in [2.05, 4.69) is 4.98 Å². The van der Waals surface area contributed by atoms with Crippen LogP contribution < -0.4 is 9.47 Å². The van der Waals surface area contributed by atoms with Crippen molar-refractivity contribution in [1.29, 1.82) is 0 Å². The number of aromatic hydroxyl groups is 2. The van der Waals surface area contributed by atoms with Crippen molar-refractivity contribution < 1.29 is 19.7 Å². The molecule has 6 heteroatoms. The molecule has 2 heterocycles. The van der Waals surface area contributed by atoms with Crippen molar-refractivity contribution in [2.24, 2.45) is 0 Å². The third kappa shape index (κ3) is 4.00. The number of ether oxygens (including phenoxy) is 2. The van der Waals surface area contributed by atoms with Crippen molar-refractivity contribution in [2.75, 3.05) is 14.2 Å². The van der Waals surface area contributed by atoms with Gasteiger partial charge in [-0.2, -0.15) is 0 Å². The maximum Gasteiger partial charge on any atom is 0.128 e. The van der Waals surface area contributed by atoms with E-state index in [9.17, 15) is 10.2 Å². The minimum atomic E-state index is 0.0855. The van der Waals surface area contributed by atoms with Gasteiger partial charge in [0.15, 0.2) is 0 Å². The second-order valence-corrected chi connectivity index (χ2v) is 7.04. The molecule has 6 nitrogen and oxygen atoms in total. The number of aromatic nitrogens is 2. The Morgan fingerprint density at radius 2 is 1.23 bits per heavy atom. The van der Waals surface area contributed by atoms with Crippen LogP contribution in [0.2, 0.25) is 0 Å². The Morgan fingerprint density at radius 1 is 0.645 bits per heavy atom. The van der Waals surface area contributed by atoms with E-state index in [1.54, 1.807) is 44.6 Å². The van der Waals surface area contributed by atoms with Gasteiger partial charge in [0.2, 0.25) is 0 Å². The molecule has 4 rings (SSSR count). The van der Waals surface area contributed by atoms with E-state index in [-0.39, 0.29) is 11.5 Å². The number of hydrogen-bond acceptors (Lipinski definition) is 6. The molecule has 0 saturated heterocycles. The van der Waals surface area contributed by atoms with Gasteiger partial charge in [-0.15, -0.1) is 0 Å². The minimum absolute atomic E-state index is 0.0855. The molecule has 0 aliphatic heterocycles. The first-order valence-corrected chi connectivity index (χ1v) is 9.70. The number of methoxy groups -OCH3 is 2. The summed E-state index contributed by atoms with van der Waals surface area (Å²) in [4.78, 5) is 9.39. The van der Waals surface area contributed by atoms with Gasteiger partial charge in [-0.25, -0.2) is 9.97 Å². The average Bonchev–Trinajstić information content (AvgIpc) is 2.79. The number of phenolic OH excluding ortho intramolecular Hbond substituents is 2. The van der Waals surface area contributed by atoms with Gasteiger partial charge in [-0.05, 0) is 61.0 Å². The van der Waals surface area contributed by atoms with Crippen LogP contribution in [0.3, 0.4) is 0 Å². The standard InChI is InChI=1S/C25H22N2O4/c1-15-12-23(28)18(14-25(15)31-3)20-7-5-9-22(27-20)21-8-4-6-19(26-21)17-11-10-16(30-2)13-24(17)29/h4-14,28-29H,1-3H3. The lowest BCUT2D eigenvalue weighted by Crippen LogP contribution is -1.94. The molecule has 2 N–H and O–H groups in total. The summed E-state index contributed by atoms with van der Waals surface area (Å²) in [5.74, 6) is 1.46. The van der Waals surface area contributed by atoms with Crippen molar-refractivity contribution >= 4 is 0 Å². The van der Waals surface area contributed by atoms with Crippen LogP contribution in [0.4, 0.5) is 0 Å². The topological polar surface area (TPSA) is 84.7 Å².